The van der Waals surface area contributed by atoms with Gasteiger partial charge in [0.2, 0.25) is 0 Å². The molecule has 0 fully saturated rings. The highest BCUT2D eigenvalue weighted by Gasteiger charge is 2.17. The molecule has 0 aliphatic rings. The molecular formula is C52H33NO2. The lowest BCUT2D eigenvalue weighted by Crippen LogP contribution is -2.10. The predicted molar refractivity (Wildman–Crippen MR) is 229 cm³/mol. The van der Waals surface area contributed by atoms with Crippen LogP contribution in [0.15, 0.2) is 209 Å². The van der Waals surface area contributed by atoms with Gasteiger partial charge in [-0.15, -0.1) is 0 Å². The quantitative estimate of drug-likeness (QED) is 0.173. The summed E-state index contributed by atoms with van der Waals surface area (Å²) in [6, 6.07) is 71.1. The number of nitrogens with zero attached hydrogens (tertiary/aromatic N) is 1. The van der Waals surface area contributed by atoms with Gasteiger partial charge in [-0.3, -0.25) is 0 Å². The second kappa shape index (κ2) is 12.6. The van der Waals surface area contributed by atoms with E-state index in [2.05, 4.69) is 181 Å². The van der Waals surface area contributed by atoms with Crippen LogP contribution in [0.4, 0.5) is 17.1 Å². The van der Waals surface area contributed by atoms with E-state index in [1.807, 2.05) is 24.3 Å². The number of benzene rings is 9. The van der Waals surface area contributed by atoms with Gasteiger partial charge in [-0.05, 0) is 117 Å². The lowest BCUT2D eigenvalue weighted by atomic mass is 9.98. The minimum Gasteiger partial charge on any atom is -0.456 e. The van der Waals surface area contributed by atoms with Crippen molar-refractivity contribution >= 4 is 71.7 Å². The average Bonchev–Trinajstić information content (AvgIpc) is 3.82. The van der Waals surface area contributed by atoms with Gasteiger partial charge in [0, 0.05) is 38.6 Å². The maximum absolute atomic E-state index is 6.27. The molecule has 258 valence electrons. The minimum absolute atomic E-state index is 0.892. The molecule has 3 nitrogen and oxygen atoms in total. The van der Waals surface area contributed by atoms with Crippen LogP contribution in [-0.4, -0.2) is 0 Å². The summed E-state index contributed by atoms with van der Waals surface area (Å²) in [5.74, 6) is 0. The standard InChI is InChI=1S/C52H33NO2/c1-2-10-34(11-3-1)35-22-26-41(27-23-35)53(43-13-8-12-39(31-43)44-16-9-19-50-52(44)46-15-5-7-18-49(46)54-50)42-28-24-36(25-29-42)37-20-21-38-32-47-45-14-4-6-17-48(45)55-51(47)33-40(38)30-37/h1-33H. The SMILES string of the molecule is c1ccc(-c2ccc(N(c3ccc(-c4ccc5cc6c(cc5c4)oc4ccccc46)cc3)c3cccc(-c4cccc5oc6ccccc6c45)c3)cc2)cc1. The maximum atomic E-state index is 6.27. The molecule has 3 heteroatoms. The van der Waals surface area contributed by atoms with E-state index in [1.54, 1.807) is 0 Å². The topological polar surface area (TPSA) is 29.5 Å². The molecule has 9 aromatic carbocycles. The Hall–Kier alpha value is -7.36. The van der Waals surface area contributed by atoms with Crippen LogP contribution in [0.1, 0.15) is 0 Å². The average molecular weight is 704 g/mol. The fourth-order valence-electron chi connectivity index (χ4n) is 8.16. The third-order valence-corrected chi connectivity index (χ3v) is 10.8. The van der Waals surface area contributed by atoms with Crippen LogP contribution in [0.2, 0.25) is 0 Å². The Morgan fingerprint density at radius 1 is 0.291 bits per heavy atom. The van der Waals surface area contributed by atoms with Crippen molar-refractivity contribution in [1.29, 1.82) is 0 Å². The minimum atomic E-state index is 0.892. The molecule has 0 aliphatic heterocycles. The number of para-hydroxylation sites is 2. The van der Waals surface area contributed by atoms with Crippen molar-refractivity contribution in [2.45, 2.75) is 0 Å². The van der Waals surface area contributed by atoms with E-state index in [1.165, 1.54) is 16.5 Å². The van der Waals surface area contributed by atoms with Crippen molar-refractivity contribution in [2.24, 2.45) is 0 Å². The molecule has 11 aromatic rings. The molecule has 0 unspecified atom stereocenters. The Balaban J connectivity index is 1.00. The molecule has 0 aliphatic carbocycles. The smallest absolute Gasteiger partial charge is 0.136 e. The van der Waals surface area contributed by atoms with E-state index in [0.717, 1.165) is 88.6 Å². The Kier molecular flexibility index (Phi) is 7.17. The zero-order valence-electron chi connectivity index (χ0n) is 29.8. The summed E-state index contributed by atoms with van der Waals surface area (Å²) in [4.78, 5) is 2.34. The monoisotopic (exact) mass is 703 g/mol. The second-order valence-electron chi connectivity index (χ2n) is 14.1. The normalized spacial score (nSPS) is 11.6. The first-order chi connectivity index (χ1) is 27.2. The van der Waals surface area contributed by atoms with Crippen LogP contribution in [0.25, 0.3) is 88.0 Å². The number of hydrogen-bond acceptors (Lipinski definition) is 3. The zero-order valence-corrected chi connectivity index (χ0v) is 29.8. The Bertz CT molecular complexity index is 3190. The van der Waals surface area contributed by atoms with Crippen LogP contribution in [0, 0.1) is 0 Å². The first-order valence-electron chi connectivity index (χ1n) is 18.7. The molecule has 0 spiro atoms. The molecule has 0 N–H and O–H groups in total. The second-order valence-corrected chi connectivity index (χ2v) is 14.1. The molecular weight excluding hydrogens is 671 g/mol. The van der Waals surface area contributed by atoms with E-state index >= 15 is 0 Å². The largest absolute Gasteiger partial charge is 0.456 e. The van der Waals surface area contributed by atoms with Gasteiger partial charge >= 0.3 is 0 Å². The lowest BCUT2D eigenvalue weighted by molar-refractivity contribution is 0.669. The Morgan fingerprint density at radius 3 is 1.65 bits per heavy atom. The van der Waals surface area contributed by atoms with Gasteiger partial charge in [-0.25, -0.2) is 0 Å². The van der Waals surface area contributed by atoms with E-state index < -0.39 is 0 Å². The molecule has 0 saturated carbocycles. The molecule has 55 heavy (non-hydrogen) atoms. The van der Waals surface area contributed by atoms with Gasteiger partial charge in [-0.2, -0.15) is 0 Å². The van der Waals surface area contributed by atoms with Gasteiger partial charge in [0.25, 0.3) is 0 Å². The van der Waals surface area contributed by atoms with Crippen LogP contribution < -0.4 is 4.90 Å². The van der Waals surface area contributed by atoms with Crippen molar-refractivity contribution in [3.8, 4) is 33.4 Å². The van der Waals surface area contributed by atoms with Crippen LogP contribution in [-0.2, 0) is 0 Å². The third-order valence-electron chi connectivity index (χ3n) is 10.8. The first-order valence-corrected chi connectivity index (χ1v) is 18.7. The van der Waals surface area contributed by atoms with Crippen LogP contribution >= 0.6 is 0 Å². The van der Waals surface area contributed by atoms with E-state index in [-0.39, 0.29) is 0 Å². The number of anilines is 3. The number of fused-ring (bicyclic) bond motifs is 7. The molecule has 0 radical (unpaired) electrons. The molecule has 0 saturated heterocycles. The zero-order chi connectivity index (χ0) is 36.3. The summed E-state index contributed by atoms with van der Waals surface area (Å²) in [5, 5.41) is 6.91. The number of hydrogen-bond donors (Lipinski definition) is 0. The summed E-state index contributed by atoms with van der Waals surface area (Å²) in [6.45, 7) is 0. The predicted octanol–water partition coefficient (Wildman–Crippen LogP) is 15.1. The van der Waals surface area contributed by atoms with Crippen molar-refractivity contribution in [3.63, 3.8) is 0 Å². The van der Waals surface area contributed by atoms with Gasteiger partial charge in [0.1, 0.15) is 22.3 Å². The highest BCUT2D eigenvalue weighted by atomic mass is 16.3. The van der Waals surface area contributed by atoms with Crippen molar-refractivity contribution in [1.82, 2.24) is 0 Å². The number of furan rings is 2. The Morgan fingerprint density at radius 2 is 0.873 bits per heavy atom. The van der Waals surface area contributed by atoms with Gasteiger partial charge in [0.05, 0.1) is 0 Å². The summed E-state index contributed by atoms with van der Waals surface area (Å²) in [7, 11) is 0. The highest BCUT2D eigenvalue weighted by molar-refractivity contribution is 6.13. The Labute approximate surface area is 317 Å². The van der Waals surface area contributed by atoms with Gasteiger partial charge in [-0.1, -0.05) is 127 Å². The molecule has 11 rings (SSSR count). The van der Waals surface area contributed by atoms with Crippen LogP contribution in [0.5, 0.6) is 0 Å². The summed E-state index contributed by atoms with van der Waals surface area (Å²) >= 11 is 0. The molecule has 0 atom stereocenters. The number of rotatable bonds is 6. The molecule has 0 amide bonds. The third kappa shape index (κ3) is 5.36. The summed E-state index contributed by atoms with van der Waals surface area (Å²) < 4.78 is 12.5. The first kappa shape index (κ1) is 31.2. The van der Waals surface area contributed by atoms with Crippen LogP contribution in [0.3, 0.4) is 0 Å². The van der Waals surface area contributed by atoms with E-state index in [4.69, 9.17) is 8.83 Å². The van der Waals surface area contributed by atoms with Crippen molar-refractivity contribution < 1.29 is 8.83 Å². The fraction of sp³-hybridized carbons (Fsp3) is 0. The van der Waals surface area contributed by atoms with Gasteiger partial charge < -0.3 is 13.7 Å². The van der Waals surface area contributed by atoms with Gasteiger partial charge in [0.15, 0.2) is 0 Å². The maximum Gasteiger partial charge on any atom is 0.136 e. The van der Waals surface area contributed by atoms with E-state index in [0.29, 0.717) is 0 Å². The van der Waals surface area contributed by atoms with E-state index in [9.17, 15) is 0 Å². The van der Waals surface area contributed by atoms with Crippen molar-refractivity contribution in [3.05, 3.63) is 200 Å². The molecule has 0 bridgehead atoms. The lowest BCUT2D eigenvalue weighted by Gasteiger charge is -2.26. The molecule has 2 heterocycles. The summed E-state index contributed by atoms with van der Waals surface area (Å²) in [5.41, 5.74) is 13.8. The highest BCUT2D eigenvalue weighted by Crippen LogP contribution is 2.42. The van der Waals surface area contributed by atoms with Crippen molar-refractivity contribution in [2.75, 3.05) is 4.90 Å². The molecule has 2 aromatic heterocycles. The summed E-state index contributed by atoms with van der Waals surface area (Å²) in [6.07, 6.45) is 0. The fourth-order valence-corrected chi connectivity index (χ4v) is 8.16.